The highest BCUT2D eigenvalue weighted by Crippen LogP contribution is 2.21. The first-order valence-electron chi connectivity index (χ1n) is 5.69. The van der Waals surface area contributed by atoms with E-state index in [1.807, 2.05) is 0 Å². The van der Waals surface area contributed by atoms with Crippen LogP contribution < -0.4 is 0 Å². The van der Waals surface area contributed by atoms with Gasteiger partial charge in [-0.3, -0.25) is 0 Å². The molecule has 0 aromatic rings. The first kappa shape index (κ1) is 15.4. The van der Waals surface area contributed by atoms with Crippen LogP contribution in [0.5, 0.6) is 0 Å². The molecule has 90 valence electrons. The molecule has 0 spiro atoms. The third kappa shape index (κ3) is 10.7. The monoisotopic (exact) mass is 248 g/mol. The average molecular weight is 248 g/mol. The lowest BCUT2D eigenvalue weighted by molar-refractivity contribution is 0.402. The molecule has 0 aromatic heterocycles. The van der Waals surface area contributed by atoms with Crippen LogP contribution in [0.1, 0.15) is 12.8 Å². The molecule has 0 aliphatic heterocycles. The van der Waals surface area contributed by atoms with Crippen molar-refractivity contribution in [3.63, 3.8) is 0 Å². The summed E-state index contributed by atoms with van der Waals surface area (Å²) in [5.74, 6) is 0. The van der Waals surface area contributed by atoms with E-state index >= 15 is 0 Å². The topological polar surface area (TPSA) is 49.7 Å². The maximum absolute atomic E-state index is 8.71. The summed E-state index contributed by atoms with van der Waals surface area (Å²) in [6, 6.07) is 1.12. The lowest BCUT2D eigenvalue weighted by atomic mass is 9.84. The van der Waals surface area contributed by atoms with E-state index in [9.17, 15) is 0 Å². The fourth-order valence-electron chi connectivity index (χ4n) is 1.76. The molecule has 0 heterocycles. The standard InChI is InChI=1S/C9H25BO3Si2/c1-14(2,3)13-15(4,5)9-7-6-8-10(11)12/h11-12H,6-9H2,1-5H3. The molecule has 0 rings (SSSR count). The summed E-state index contributed by atoms with van der Waals surface area (Å²) in [6.45, 7) is 11.2. The zero-order chi connectivity index (χ0) is 12.1. The number of unbranched alkanes of at least 4 members (excludes halogenated alkanes) is 1. The first-order valence-corrected chi connectivity index (χ1v) is 12.2. The number of hydrogen-bond acceptors (Lipinski definition) is 3. The van der Waals surface area contributed by atoms with Gasteiger partial charge >= 0.3 is 7.12 Å². The average Bonchev–Trinajstić information content (AvgIpc) is 1.93. The van der Waals surface area contributed by atoms with E-state index in [1.54, 1.807) is 0 Å². The summed E-state index contributed by atoms with van der Waals surface area (Å²) in [5, 5.41) is 17.4. The van der Waals surface area contributed by atoms with E-state index in [4.69, 9.17) is 14.2 Å². The van der Waals surface area contributed by atoms with Crippen molar-refractivity contribution in [3.8, 4) is 0 Å². The highest BCUT2D eigenvalue weighted by atomic mass is 28.4. The number of rotatable bonds is 7. The summed E-state index contributed by atoms with van der Waals surface area (Å²) in [6.07, 6.45) is 2.40. The fraction of sp³-hybridized carbons (Fsp3) is 1.00. The van der Waals surface area contributed by atoms with Crippen molar-refractivity contribution in [2.24, 2.45) is 0 Å². The van der Waals surface area contributed by atoms with E-state index in [0.717, 1.165) is 18.9 Å². The predicted molar refractivity (Wildman–Crippen MR) is 71.0 cm³/mol. The molecule has 2 N–H and O–H groups in total. The van der Waals surface area contributed by atoms with Crippen LogP contribution in [0.4, 0.5) is 0 Å². The van der Waals surface area contributed by atoms with Crippen LogP contribution in [-0.4, -0.2) is 33.8 Å². The van der Waals surface area contributed by atoms with E-state index in [2.05, 4.69) is 32.7 Å². The molecule has 3 nitrogen and oxygen atoms in total. The largest absolute Gasteiger partial charge is 0.456 e. The number of hydrogen-bond donors (Lipinski definition) is 2. The Bertz CT molecular complexity index is 181. The van der Waals surface area contributed by atoms with Gasteiger partial charge in [0.25, 0.3) is 0 Å². The van der Waals surface area contributed by atoms with Gasteiger partial charge in [-0.1, -0.05) is 12.8 Å². The fourth-order valence-corrected chi connectivity index (χ4v) is 9.90. The molecule has 0 atom stereocenters. The molecule has 0 saturated carbocycles. The molecule has 0 bridgehead atoms. The molecule has 15 heavy (non-hydrogen) atoms. The van der Waals surface area contributed by atoms with Gasteiger partial charge in [-0.25, -0.2) is 0 Å². The van der Waals surface area contributed by atoms with Gasteiger partial charge in [-0.2, -0.15) is 0 Å². The Morgan fingerprint density at radius 3 is 1.93 bits per heavy atom. The highest BCUT2D eigenvalue weighted by Gasteiger charge is 2.28. The van der Waals surface area contributed by atoms with Gasteiger partial charge in [-0.05, 0) is 45.1 Å². The molecular weight excluding hydrogens is 223 g/mol. The molecule has 0 aliphatic carbocycles. The van der Waals surface area contributed by atoms with Gasteiger partial charge in [0.15, 0.2) is 16.6 Å². The minimum atomic E-state index is -1.51. The Balaban J connectivity index is 3.74. The van der Waals surface area contributed by atoms with Crippen LogP contribution >= 0.6 is 0 Å². The van der Waals surface area contributed by atoms with E-state index in [0.29, 0.717) is 6.32 Å². The quantitative estimate of drug-likeness (QED) is 0.537. The molecular formula is C9H25BO3Si2. The van der Waals surface area contributed by atoms with E-state index in [1.165, 1.54) is 0 Å². The van der Waals surface area contributed by atoms with Gasteiger partial charge in [0.1, 0.15) is 0 Å². The van der Waals surface area contributed by atoms with Crippen LogP contribution in [0, 0.1) is 0 Å². The highest BCUT2D eigenvalue weighted by molar-refractivity contribution is 6.84. The molecule has 6 heteroatoms. The summed E-state index contributed by atoms with van der Waals surface area (Å²) < 4.78 is 6.18. The molecule has 0 fully saturated rings. The van der Waals surface area contributed by atoms with Gasteiger partial charge < -0.3 is 14.2 Å². The second-order valence-corrected chi connectivity index (χ2v) is 14.8. The van der Waals surface area contributed by atoms with Gasteiger partial charge in [0, 0.05) is 0 Å². The molecule has 0 saturated heterocycles. The molecule has 0 unspecified atom stereocenters. The smallest absolute Gasteiger partial charge is 0.451 e. The Morgan fingerprint density at radius 1 is 1.00 bits per heavy atom. The Hall–Kier alpha value is 0.379. The second-order valence-electron chi connectivity index (χ2n) is 5.70. The summed E-state index contributed by atoms with van der Waals surface area (Å²) in [7, 11) is -4.07. The van der Waals surface area contributed by atoms with Gasteiger partial charge in [-0.15, -0.1) is 0 Å². The van der Waals surface area contributed by atoms with E-state index in [-0.39, 0.29) is 0 Å². The van der Waals surface area contributed by atoms with Crippen molar-refractivity contribution in [2.75, 3.05) is 0 Å². The Morgan fingerprint density at radius 2 is 1.53 bits per heavy atom. The van der Waals surface area contributed by atoms with Crippen molar-refractivity contribution in [2.45, 2.75) is 57.9 Å². The van der Waals surface area contributed by atoms with E-state index < -0.39 is 23.8 Å². The minimum absolute atomic E-state index is 0.484. The maximum atomic E-state index is 8.71. The van der Waals surface area contributed by atoms with Crippen LogP contribution in [0.2, 0.25) is 45.1 Å². The lowest BCUT2D eigenvalue weighted by Crippen LogP contribution is -2.42. The van der Waals surface area contributed by atoms with Crippen molar-refractivity contribution in [1.29, 1.82) is 0 Å². The van der Waals surface area contributed by atoms with Gasteiger partial charge in [0.2, 0.25) is 0 Å². The Labute approximate surface area is 96.3 Å². The lowest BCUT2D eigenvalue weighted by Gasteiger charge is -2.31. The normalized spacial score (nSPS) is 13.0. The molecule has 0 aromatic carbocycles. The maximum Gasteiger partial charge on any atom is 0.451 e. The molecule has 0 amide bonds. The summed E-state index contributed by atoms with van der Waals surface area (Å²) in [4.78, 5) is 0. The summed E-state index contributed by atoms with van der Waals surface area (Å²) >= 11 is 0. The zero-order valence-corrected chi connectivity index (χ0v) is 12.7. The summed E-state index contributed by atoms with van der Waals surface area (Å²) in [5.41, 5.74) is 0. The predicted octanol–water partition coefficient (Wildman–Crippen LogP) is 2.30. The Kier molecular flexibility index (Phi) is 6.35. The zero-order valence-electron chi connectivity index (χ0n) is 10.7. The third-order valence-electron chi connectivity index (χ3n) is 2.07. The van der Waals surface area contributed by atoms with Crippen molar-refractivity contribution in [1.82, 2.24) is 0 Å². The van der Waals surface area contributed by atoms with Crippen molar-refractivity contribution in [3.05, 3.63) is 0 Å². The minimum Gasteiger partial charge on any atom is -0.456 e. The third-order valence-corrected chi connectivity index (χ3v) is 8.29. The molecule has 0 aliphatic rings. The van der Waals surface area contributed by atoms with Crippen LogP contribution in [-0.2, 0) is 4.12 Å². The van der Waals surface area contributed by atoms with Crippen LogP contribution in [0.25, 0.3) is 0 Å². The molecule has 0 radical (unpaired) electrons. The van der Waals surface area contributed by atoms with Crippen molar-refractivity contribution >= 4 is 23.8 Å². The van der Waals surface area contributed by atoms with Crippen LogP contribution in [0.15, 0.2) is 0 Å². The second kappa shape index (κ2) is 6.20. The van der Waals surface area contributed by atoms with Crippen LogP contribution in [0.3, 0.4) is 0 Å². The van der Waals surface area contributed by atoms with Gasteiger partial charge in [0.05, 0.1) is 0 Å². The van der Waals surface area contributed by atoms with Crippen molar-refractivity contribution < 1.29 is 14.2 Å². The SMILES string of the molecule is C[Si](C)(C)O[Si](C)(C)CCCCB(O)O. The first-order chi connectivity index (χ1) is 6.62.